The zero-order valence-corrected chi connectivity index (χ0v) is 10.9. The molecule has 1 heteroatoms. The minimum atomic E-state index is -0.155. The van der Waals surface area contributed by atoms with Crippen molar-refractivity contribution >= 4 is 0 Å². The third-order valence-corrected chi connectivity index (χ3v) is 2.61. The molecule has 1 aliphatic rings. The fraction of sp³-hybridized carbons (Fsp3) is 0.714. The van der Waals surface area contributed by atoms with Crippen LogP contribution in [0.5, 0.6) is 0 Å². The Morgan fingerprint density at radius 3 is 2.27 bits per heavy atom. The van der Waals surface area contributed by atoms with Crippen molar-refractivity contribution in [2.75, 3.05) is 0 Å². The van der Waals surface area contributed by atoms with Crippen LogP contribution in [0.3, 0.4) is 0 Å². The van der Waals surface area contributed by atoms with Crippen molar-refractivity contribution in [1.82, 2.24) is 0 Å². The maximum atomic E-state index is 6.11. The lowest BCUT2D eigenvalue weighted by Crippen LogP contribution is -2.37. The Bertz CT molecular complexity index is 276. The zero-order chi connectivity index (χ0) is 11.7. The first kappa shape index (κ1) is 12.5. The molecular weight excluding hydrogens is 184 g/mol. The lowest BCUT2D eigenvalue weighted by atomic mass is 9.85. The van der Waals surface area contributed by atoms with Gasteiger partial charge in [-0.25, -0.2) is 0 Å². The van der Waals surface area contributed by atoms with E-state index in [0.29, 0.717) is 5.92 Å². The summed E-state index contributed by atoms with van der Waals surface area (Å²) in [5, 5.41) is 0. The van der Waals surface area contributed by atoms with Gasteiger partial charge in [0.25, 0.3) is 0 Å². The number of hydrogen-bond acceptors (Lipinski definition) is 1. The van der Waals surface area contributed by atoms with Gasteiger partial charge >= 0.3 is 0 Å². The molecule has 0 aromatic heterocycles. The molecule has 0 saturated heterocycles. The third kappa shape index (κ3) is 3.83. The largest absolute Gasteiger partial charge is 0.366 e. The number of allylic oxidation sites excluding steroid dienone is 3. The van der Waals surface area contributed by atoms with E-state index < -0.39 is 0 Å². The monoisotopic (exact) mass is 208 g/mol. The lowest BCUT2D eigenvalue weighted by molar-refractivity contribution is -0.0935. The van der Waals surface area contributed by atoms with Crippen molar-refractivity contribution in [2.24, 2.45) is 5.92 Å². The second-order valence-electron chi connectivity index (χ2n) is 5.98. The molecule has 0 N–H and O–H groups in total. The minimum Gasteiger partial charge on any atom is -0.366 e. The first-order valence-corrected chi connectivity index (χ1v) is 5.79. The summed E-state index contributed by atoms with van der Waals surface area (Å²) < 4.78 is 6.11. The zero-order valence-electron chi connectivity index (χ0n) is 10.9. The molecule has 1 unspecified atom stereocenters. The molecule has 0 saturated carbocycles. The predicted octanol–water partition coefficient (Wildman–Crippen LogP) is 4.10. The van der Waals surface area contributed by atoms with Crippen molar-refractivity contribution < 1.29 is 4.74 Å². The van der Waals surface area contributed by atoms with Gasteiger partial charge in [0.05, 0.1) is 11.2 Å². The summed E-state index contributed by atoms with van der Waals surface area (Å²) in [6.07, 6.45) is 7.71. The minimum absolute atomic E-state index is 0.0886. The Balaban J connectivity index is 2.77. The second kappa shape index (κ2) is 4.13. The number of rotatable bonds is 2. The molecule has 0 radical (unpaired) electrons. The van der Waals surface area contributed by atoms with E-state index in [0.717, 1.165) is 6.42 Å². The molecule has 0 spiro atoms. The molecule has 0 aromatic rings. The van der Waals surface area contributed by atoms with Crippen LogP contribution >= 0.6 is 0 Å². The van der Waals surface area contributed by atoms with E-state index in [1.165, 1.54) is 5.57 Å². The standard InChI is InChI=1S/C14H24O/c1-11-8-7-9-12(10-11)14(5,6)15-13(2,3)4/h7-9,11H,10H2,1-6H3. The molecule has 1 atom stereocenters. The predicted molar refractivity (Wildman–Crippen MR) is 65.9 cm³/mol. The van der Waals surface area contributed by atoms with Crippen LogP contribution in [-0.4, -0.2) is 11.2 Å². The summed E-state index contributed by atoms with van der Waals surface area (Å²) in [5.41, 5.74) is 1.15. The smallest absolute Gasteiger partial charge is 0.0845 e. The quantitative estimate of drug-likeness (QED) is 0.664. The summed E-state index contributed by atoms with van der Waals surface area (Å²) in [7, 11) is 0. The molecule has 86 valence electrons. The van der Waals surface area contributed by atoms with Crippen LogP contribution in [0.2, 0.25) is 0 Å². The van der Waals surface area contributed by atoms with Crippen LogP contribution in [0.1, 0.15) is 48.0 Å². The van der Waals surface area contributed by atoms with Gasteiger partial charge < -0.3 is 4.74 Å². The van der Waals surface area contributed by atoms with Crippen molar-refractivity contribution in [2.45, 2.75) is 59.2 Å². The van der Waals surface area contributed by atoms with E-state index in [9.17, 15) is 0 Å². The highest BCUT2D eigenvalue weighted by molar-refractivity contribution is 5.26. The molecule has 0 aliphatic heterocycles. The van der Waals surface area contributed by atoms with Crippen LogP contribution < -0.4 is 0 Å². The van der Waals surface area contributed by atoms with Crippen LogP contribution in [-0.2, 0) is 4.74 Å². The molecule has 1 aliphatic carbocycles. The fourth-order valence-corrected chi connectivity index (χ4v) is 2.12. The summed E-state index contributed by atoms with van der Waals surface area (Å²) in [6.45, 7) is 12.9. The molecule has 0 amide bonds. The number of hydrogen-bond donors (Lipinski definition) is 0. The Hall–Kier alpha value is -0.560. The first-order valence-electron chi connectivity index (χ1n) is 5.79. The maximum absolute atomic E-state index is 6.11. The molecule has 1 nitrogen and oxygen atoms in total. The van der Waals surface area contributed by atoms with Gasteiger partial charge in [0, 0.05) is 0 Å². The van der Waals surface area contributed by atoms with Crippen LogP contribution in [0.15, 0.2) is 23.8 Å². The highest BCUT2D eigenvalue weighted by Crippen LogP contribution is 2.33. The van der Waals surface area contributed by atoms with Gasteiger partial charge in [0.2, 0.25) is 0 Å². The Kier molecular flexibility index (Phi) is 3.44. The van der Waals surface area contributed by atoms with Gasteiger partial charge in [-0.1, -0.05) is 25.2 Å². The van der Waals surface area contributed by atoms with E-state index in [1.807, 2.05) is 0 Å². The molecule has 0 aromatic carbocycles. The third-order valence-electron chi connectivity index (χ3n) is 2.61. The van der Waals surface area contributed by atoms with Crippen molar-refractivity contribution in [3.8, 4) is 0 Å². The van der Waals surface area contributed by atoms with E-state index in [-0.39, 0.29) is 11.2 Å². The van der Waals surface area contributed by atoms with E-state index >= 15 is 0 Å². The van der Waals surface area contributed by atoms with Crippen molar-refractivity contribution in [3.05, 3.63) is 23.8 Å². The Labute approximate surface area is 94.2 Å². The number of ether oxygens (including phenoxy) is 1. The Morgan fingerprint density at radius 1 is 1.20 bits per heavy atom. The maximum Gasteiger partial charge on any atom is 0.0845 e. The molecular formula is C14H24O. The van der Waals surface area contributed by atoms with Gasteiger partial charge in [0.1, 0.15) is 0 Å². The van der Waals surface area contributed by atoms with Gasteiger partial charge in [0.15, 0.2) is 0 Å². The summed E-state index contributed by atoms with van der Waals surface area (Å²) >= 11 is 0. The summed E-state index contributed by atoms with van der Waals surface area (Å²) in [4.78, 5) is 0. The SMILES string of the molecule is CC1C=CC=C(C(C)(C)OC(C)(C)C)C1. The van der Waals surface area contributed by atoms with E-state index in [2.05, 4.69) is 59.8 Å². The summed E-state index contributed by atoms with van der Waals surface area (Å²) in [6, 6.07) is 0. The summed E-state index contributed by atoms with van der Waals surface area (Å²) in [5.74, 6) is 0.632. The fourth-order valence-electron chi connectivity index (χ4n) is 2.12. The average Bonchev–Trinajstić information content (AvgIpc) is 1.99. The van der Waals surface area contributed by atoms with Crippen LogP contribution in [0, 0.1) is 5.92 Å². The topological polar surface area (TPSA) is 9.23 Å². The Morgan fingerprint density at radius 2 is 1.80 bits per heavy atom. The van der Waals surface area contributed by atoms with Crippen LogP contribution in [0.4, 0.5) is 0 Å². The first-order chi connectivity index (χ1) is 6.71. The second-order valence-corrected chi connectivity index (χ2v) is 5.98. The average molecular weight is 208 g/mol. The van der Waals surface area contributed by atoms with Gasteiger partial charge in [-0.2, -0.15) is 0 Å². The highest BCUT2D eigenvalue weighted by atomic mass is 16.5. The van der Waals surface area contributed by atoms with Crippen LogP contribution in [0.25, 0.3) is 0 Å². The van der Waals surface area contributed by atoms with Gasteiger partial charge in [-0.05, 0) is 52.5 Å². The lowest BCUT2D eigenvalue weighted by Gasteiger charge is -2.37. The molecule has 0 fully saturated rings. The van der Waals surface area contributed by atoms with Crippen molar-refractivity contribution in [1.29, 1.82) is 0 Å². The molecule has 15 heavy (non-hydrogen) atoms. The normalized spacial score (nSPS) is 22.8. The van der Waals surface area contributed by atoms with E-state index in [4.69, 9.17) is 4.74 Å². The molecule has 0 bridgehead atoms. The van der Waals surface area contributed by atoms with Gasteiger partial charge in [-0.15, -0.1) is 0 Å². The molecule has 0 heterocycles. The highest BCUT2D eigenvalue weighted by Gasteiger charge is 2.30. The molecule has 1 rings (SSSR count). The van der Waals surface area contributed by atoms with E-state index in [1.54, 1.807) is 0 Å². The van der Waals surface area contributed by atoms with Gasteiger partial charge in [-0.3, -0.25) is 0 Å². The van der Waals surface area contributed by atoms with Crippen molar-refractivity contribution in [3.63, 3.8) is 0 Å².